The van der Waals surface area contributed by atoms with Crippen LogP contribution in [0.4, 0.5) is 5.82 Å². The number of imidazole rings is 1. The lowest BCUT2D eigenvalue weighted by molar-refractivity contribution is -0.142. The number of hydrogen-bond donors (Lipinski definition) is 2. The third kappa shape index (κ3) is 5.14. The van der Waals surface area contributed by atoms with Gasteiger partial charge in [-0.05, 0) is 31.0 Å². The smallest absolute Gasteiger partial charge is 0.328 e. The lowest BCUT2D eigenvalue weighted by Crippen LogP contribution is -2.18. The molecule has 166 valence electrons. The zero-order valence-corrected chi connectivity index (χ0v) is 17.9. The zero-order valence-electron chi connectivity index (χ0n) is 17.9. The quantitative estimate of drug-likeness (QED) is 0.369. The Balaban J connectivity index is 1.97. The standard InChI is InChI=1S/C21H27N5O5/c1-4-6-9-31-20-24-18(22)17-19(25-20)26(21(28)23-17)12-14-10-13(7-8-15(14)29-3)11-16(27)30-5-2/h7-8,10H,4-6,9,11-12H2,1-3H3,(H,23,28)(H2,22,24,25). The number of nitrogen functional groups attached to an aromatic ring is 1. The SMILES string of the molecule is CCCCOc1nc(N)c2[nH]c(=O)n(Cc3cc(CC(=O)OCC)ccc3OC)c2n1. The van der Waals surface area contributed by atoms with E-state index in [9.17, 15) is 9.59 Å². The molecule has 0 saturated heterocycles. The van der Waals surface area contributed by atoms with Crippen molar-refractivity contribution in [3.05, 3.63) is 39.8 Å². The van der Waals surface area contributed by atoms with Gasteiger partial charge in [-0.3, -0.25) is 9.36 Å². The number of esters is 1. The number of aromatic nitrogens is 4. The number of unbranched alkanes of at least 4 members (excludes halogenated alkanes) is 1. The molecule has 0 spiro atoms. The Morgan fingerprint density at radius 2 is 2.06 bits per heavy atom. The molecule has 2 aromatic heterocycles. The summed E-state index contributed by atoms with van der Waals surface area (Å²) in [7, 11) is 1.54. The van der Waals surface area contributed by atoms with Crippen LogP contribution >= 0.6 is 0 Å². The van der Waals surface area contributed by atoms with E-state index in [4.69, 9.17) is 19.9 Å². The highest BCUT2D eigenvalue weighted by Gasteiger charge is 2.17. The van der Waals surface area contributed by atoms with Crippen LogP contribution in [0.2, 0.25) is 0 Å². The number of hydrogen-bond acceptors (Lipinski definition) is 8. The van der Waals surface area contributed by atoms with Crippen LogP contribution in [0.15, 0.2) is 23.0 Å². The normalized spacial score (nSPS) is 10.9. The van der Waals surface area contributed by atoms with Crippen LogP contribution in [0, 0.1) is 0 Å². The molecule has 0 bridgehead atoms. The van der Waals surface area contributed by atoms with Gasteiger partial charge in [-0.1, -0.05) is 19.4 Å². The Labute approximate surface area is 179 Å². The van der Waals surface area contributed by atoms with Gasteiger partial charge in [-0.25, -0.2) is 4.79 Å². The zero-order chi connectivity index (χ0) is 22.4. The molecule has 0 fully saturated rings. The summed E-state index contributed by atoms with van der Waals surface area (Å²) >= 11 is 0. The van der Waals surface area contributed by atoms with E-state index in [2.05, 4.69) is 21.9 Å². The monoisotopic (exact) mass is 429 g/mol. The van der Waals surface area contributed by atoms with Gasteiger partial charge in [0.05, 0.1) is 33.3 Å². The third-order valence-corrected chi connectivity index (χ3v) is 4.69. The Morgan fingerprint density at radius 1 is 1.26 bits per heavy atom. The van der Waals surface area contributed by atoms with Crippen molar-refractivity contribution in [2.75, 3.05) is 26.1 Å². The summed E-state index contributed by atoms with van der Waals surface area (Å²) in [5.74, 6) is 0.392. The Bertz CT molecular complexity index is 1120. The molecule has 3 aromatic rings. The molecule has 0 atom stereocenters. The Hall–Kier alpha value is -3.56. The van der Waals surface area contributed by atoms with E-state index in [1.165, 1.54) is 4.57 Å². The topological polar surface area (TPSA) is 134 Å². The predicted molar refractivity (Wildman–Crippen MR) is 115 cm³/mol. The van der Waals surface area contributed by atoms with Crippen LogP contribution in [-0.4, -0.2) is 45.8 Å². The number of carbonyl (C=O) groups is 1. The van der Waals surface area contributed by atoms with Crippen molar-refractivity contribution >= 4 is 23.0 Å². The molecule has 1 aromatic carbocycles. The van der Waals surface area contributed by atoms with Crippen molar-refractivity contribution in [3.8, 4) is 11.8 Å². The van der Waals surface area contributed by atoms with E-state index in [1.807, 2.05) is 6.07 Å². The van der Waals surface area contributed by atoms with Gasteiger partial charge >= 0.3 is 17.7 Å². The van der Waals surface area contributed by atoms with E-state index < -0.39 is 0 Å². The lowest BCUT2D eigenvalue weighted by atomic mass is 10.1. The highest BCUT2D eigenvalue weighted by Crippen LogP contribution is 2.24. The van der Waals surface area contributed by atoms with E-state index in [1.54, 1.807) is 26.2 Å². The number of nitrogens with zero attached hydrogens (tertiary/aromatic N) is 3. The summed E-state index contributed by atoms with van der Waals surface area (Å²) in [5.41, 5.74) is 7.75. The first-order chi connectivity index (χ1) is 15.0. The second-order valence-corrected chi connectivity index (χ2v) is 6.94. The Morgan fingerprint density at radius 3 is 2.77 bits per heavy atom. The molecule has 10 nitrogen and oxygen atoms in total. The van der Waals surface area contributed by atoms with Gasteiger partial charge in [0.1, 0.15) is 11.3 Å². The average Bonchev–Trinajstić information content (AvgIpc) is 3.05. The summed E-state index contributed by atoms with van der Waals surface area (Å²) in [6.45, 7) is 4.74. The van der Waals surface area contributed by atoms with Gasteiger partial charge in [0.25, 0.3) is 0 Å². The number of ether oxygens (including phenoxy) is 3. The minimum atomic E-state index is -0.389. The van der Waals surface area contributed by atoms with Crippen molar-refractivity contribution in [1.29, 1.82) is 0 Å². The van der Waals surface area contributed by atoms with E-state index in [0.29, 0.717) is 35.7 Å². The molecule has 0 amide bonds. The largest absolute Gasteiger partial charge is 0.496 e. The maximum atomic E-state index is 12.6. The van der Waals surface area contributed by atoms with Gasteiger partial charge in [-0.2, -0.15) is 9.97 Å². The number of H-pyrrole nitrogens is 1. The summed E-state index contributed by atoms with van der Waals surface area (Å²) < 4.78 is 17.5. The summed E-state index contributed by atoms with van der Waals surface area (Å²) in [6.07, 6.45) is 1.94. The van der Waals surface area contributed by atoms with Crippen molar-refractivity contribution in [2.45, 2.75) is 39.7 Å². The fourth-order valence-electron chi connectivity index (χ4n) is 3.16. The van der Waals surface area contributed by atoms with Crippen LogP contribution in [-0.2, 0) is 22.5 Å². The van der Waals surface area contributed by atoms with Gasteiger partial charge < -0.3 is 24.9 Å². The van der Waals surface area contributed by atoms with Crippen LogP contribution in [0.3, 0.4) is 0 Å². The van der Waals surface area contributed by atoms with E-state index >= 15 is 0 Å². The van der Waals surface area contributed by atoms with Gasteiger partial charge in [0.2, 0.25) is 0 Å². The first kappa shape index (κ1) is 22.1. The molecular formula is C21H27N5O5. The molecule has 3 N–H and O–H groups in total. The number of nitrogens with two attached hydrogens (primary N) is 1. The maximum absolute atomic E-state index is 12.6. The van der Waals surface area contributed by atoms with Crippen LogP contribution < -0.4 is 20.9 Å². The van der Waals surface area contributed by atoms with Crippen LogP contribution in [0.1, 0.15) is 37.8 Å². The van der Waals surface area contributed by atoms with Crippen molar-refractivity contribution < 1.29 is 19.0 Å². The van der Waals surface area contributed by atoms with Crippen molar-refractivity contribution in [3.63, 3.8) is 0 Å². The highest BCUT2D eigenvalue weighted by molar-refractivity contribution is 5.82. The molecule has 31 heavy (non-hydrogen) atoms. The van der Waals surface area contributed by atoms with E-state index in [0.717, 1.165) is 18.4 Å². The summed E-state index contributed by atoms with van der Waals surface area (Å²) in [4.78, 5) is 35.7. The molecule has 2 heterocycles. The minimum absolute atomic E-state index is 0.120. The van der Waals surface area contributed by atoms with Crippen molar-refractivity contribution in [2.24, 2.45) is 0 Å². The maximum Gasteiger partial charge on any atom is 0.328 e. The van der Waals surface area contributed by atoms with Crippen LogP contribution in [0.5, 0.6) is 11.8 Å². The number of rotatable bonds is 10. The molecule has 0 aliphatic heterocycles. The number of benzene rings is 1. The van der Waals surface area contributed by atoms with E-state index in [-0.39, 0.29) is 36.5 Å². The Kier molecular flexibility index (Phi) is 7.11. The van der Waals surface area contributed by atoms with Gasteiger partial charge in [-0.15, -0.1) is 0 Å². The molecule has 0 aliphatic carbocycles. The number of aromatic amines is 1. The van der Waals surface area contributed by atoms with Crippen LogP contribution in [0.25, 0.3) is 11.2 Å². The fraction of sp³-hybridized carbons (Fsp3) is 0.429. The number of fused-ring (bicyclic) bond motifs is 1. The number of nitrogens with one attached hydrogen (secondary N) is 1. The van der Waals surface area contributed by atoms with Gasteiger partial charge in [0, 0.05) is 5.56 Å². The average molecular weight is 429 g/mol. The molecule has 0 saturated carbocycles. The third-order valence-electron chi connectivity index (χ3n) is 4.69. The molecule has 10 heteroatoms. The van der Waals surface area contributed by atoms with Crippen molar-refractivity contribution in [1.82, 2.24) is 19.5 Å². The predicted octanol–water partition coefficient (Wildman–Crippen LogP) is 2.04. The number of methoxy groups -OCH3 is 1. The molecule has 0 unspecified atom stereocenters. The summed E-state index contributed by atoms with van der Waals surface area (Å²) in [5, 5.41) is 0. The second kappa shape index (κ2) is 9.96. The lowest BCUT2D eigenvalue weighted by Gasteiger charge is -2.12. The number of carbonyl (C=O) groups excluding carboxylic acids is 1. The molecule has 3 rings (SSSR count). The second-order valence-electron chi connectivity index (χ2n) is 6.94. The first-order valence-electron chi connectivity index (χ1n) is 10.2. The highest BCUT2D eigenvalue weighted by atomic mass is 16.5. The van der Waals surface area contributed by atoms with Gasteiger partial charge in [0.15, 0.2) is 11.5 Å². The first-order valence-corrected chi connectivity index (χ1v) is 10.2. The number of anilines is 1. The molecule has 0 aliphatic rings. The molecular weight excluding hydrogens is 402 g/mol. The summed E-state index contributed by atoms with van der Waals surface area (Å²) in [6, 6.07) is 5.47. The fourth-order valence-corrected chi connectivity index (χ4v) is 3.16. The molecule has 0 radical (unpaired) electrons. The minimum Gasteiger partial charge on any atom is -0.496 e.